The highest BCUT2D eigenvalue weighted by Crippen LogP contribution is 2.23. The van der Waals surface area contributed by atoms with Crippen LogP contribution in [0, 0.1) is 0 Å². The van der Waals surface area contributed by atoms with E-state index in [2.05, 4.69) is 10.0 Å². The molecule has 1 fully saturated rings. The standard InChI is InChI=1S/C14H21ClN2O3S/c1-10(20-2)8-17-21(18,19)13-6-3-11(14(15)7-13)9-16-12-4-5-12/h3,6-7,10,12,16-17H,4-5,8-9H2,1-2H3. The van der Waals surface area contributed by atoms with Crippen molar-refractivity contribution < 1.29 is 13.2 Å². The number of benzene rings is 1. The highest BCUT2D eigenvalue weighted by molar-refractivity contribution is 7.89. The number of nitrogens with one attached hydrogen (secondary N) is 2. The van der Waals surface area contributed by atoms with E-state index in [-0.39, 0.29) is 17.5 Å². The Bertz CT molecular complexity index is 588. The van der Waals surface area contributed by atoms with Crippen LogP contribution in [0.1, 0.15) is 25.3 Å². The highest BCUT2D eigenvalue weighted by atomic mass is 35.5. The zero-order valence-corrected chi connectivity index (χ0v) is 13.8. The number of rotatable bonds is 8. The molecule has 0 bridgehead atoms. The normalized spacial score (nSPS) is 16.9. The maximum absolute atomic E-state index is 12.2. The molecule has 1 atom stereocenters. The van der Waals surface area contributed by atoms with Crippen molar-refractivity contribution in [2.45, 2.75) is 43.4 Å². The van der Waals surface area contributed by atoms with Gasteiger partial charge in [0, 0.05) is 31.3 Å². The second-order valence-electron chi connectivity index (χ2n) is 5.31. The van der Waals surface area contributed by atoms with Gasteiger partial charge in [0.05, 0.1) is 11.0 Å². The predicted molar refractivity (Wildman–Crippen MR) is 83.0 cm³/mol. The lowest BCUT2D eigenvalue weighted by Crippen LogP contribution is -2.31. The first kappa shape index (κ1) is 16.7. The van der Waals surface area contributed by atoms with Crippen molar-refractivity contribution in [3.05, 3.63) is 28.8 Å². The smallest absolute Gasteiger partial charge is 0.240 e. The van der Waals surface area contributed by atoms with Crippen molar-refractivity contribution >= 4 is 21.6 Å². The van der Waals surface area contributed by atoms with Gasteiger partial charge in [0.2, 0.25) is 10.0 Å². The van der Waals surface area contributed by atoms with E-state index in [0.717, 1.165) is 5.56 Å². The lowest BCUT2D eigenvalue weighted by atomic mass is 10.2. The Balaban J connectivity index is 2.03. The van der Waals surface area contributed by atoms with E-state index in [9.17, 15) is 8.42 Å². The SMILES string of the molecule is COC(C)CNS(=O)(=O)c1ccc(CNC2CC2)c(Cl)c1. The van der Waals surface area contributed by atoms with E-state index in [4.69, 9.17) is 16.3 Å². The molecule has 1 unspecified atom stereocenters. The van der Waals surface area contributed by atoms with Crippen LogP contribution in [0.3, 0.4) is 0 Å². The Morgan fingerprint density at radius 2 is 2.14 bits per heavy atom. The third-order valence-electron chi connectivity index (χ3n) is 3.46. The summed E-state index contributed by atoms with van der Waals surface area (Å²) >= 11 is 6.17. The summed E-state index contributed by atoms with van der Waals surface area (Å²) in [5.74, 6) is 0. The van der Waals surface area contributed by atoms with E-state index in [1.165, 1.54) is 26.0 Å². The summed E-state index contributed by atoms with van der Waals surface area (Å²) in [5.41, 5.74) is 0.910. The van der Waals surface area contributed by atoms with Crippen LogP contribution in [0.4, 0.5) is 0 Å². The summed E-state index contributed by atoms with van der Waals surface area (Å²) in [6, 6.07) is 5.41. The second kappa shape index (κ2) is 7.07. The third kappa shape index (κ3) is 4.93. The molecule has 118 valence electrons. The first-order chi connectivity index (χ1) is 9.92. The minimum absolute atomic E-state index is 0.172. The molecule has 21 heavy (non-hydrogen) atoms. The molecule has 0 aliphatic heterocycles. The molecule has 7 heteroatoms. The van der Waals surface area contributed by atoms with Crippen molar-refractivity contribution in [2.75, 3.05) is 13.7 Å². The predicted octanol–water partition coefficient (Wildman–Crippen LogP) is 1.91. The Morgan fingerprint density at radius 3 is 2.71 bits per heavy atom. The average molecular weight is 333 g/mol. The lowest BCUT2D eigenvalue weighted by molar-refractivity contribution is 0.122. The summed E-state index contributed by atoms with van der Waals surface area (Å²) < 4.78 is 31.8. The van der Waals surface area contributed by atoms with Crippen LogP contribution >= 0.6 is 11.6 Å². The molecule has 0 spiro atoms. The second-order valence-corrected chi connectivity index (χ2v) is 7.48. The molecule has 1 aliphatic carbocycles. The Kier molecular flexibility index (Phi) is 5.62. The van der Waals surface area contributed by atoms with E-state index in [1.54, 1.807) is 19.1 Å². The topological polar surface area (TPSA) is 67.4 Å². The van der Waals surface area contributed by atoms with Crippen molar-refractivity contribution in [3.8, 4) is 0 Å². The van der Waals surface area contributed by atoms with E-state index >= 15 is 0 Å². The Morgan fingerprint density at radius 1 is 1.43 bits per heavy atom. The van der Waals surface area contributed by atoms with E-state index in [1.807, 2.05) is 0 Å². The van der Waals surface area contributed by atoms with Crippen LogP contribution < -0.4 is 10.0 Å². The molecule has 0 heterocycles. The van der Waals surface area contributed by atoms with Crippen LogP contribution in [0.25, 0.3) is 0 Å². The highest BCUT2D eigenvalue weighted by Gasteiger charge is 2.21. The number of methoxy groups -OCH3 is 1. The summed E-state index contributed by atoms with van der Waals surface area (Å²) in [7, 11) is -2.02. The fourth-order valence-electron chi connectivity index (χ4n) is 1.77. The lowest BCUT2D eigenvalue weighted by Gasteiger charge is -2.12. The fraction of sp³-hybridized carbons (Fsp3) is 0.571. The quantitative estimate of drug-likeness (QED) is 0.763. The summed E-state index contributed by atoms with van der Waals surface area (Å²) in [5, 5.41) is 3.82. The summed E-state index contributed by atoms with van der Waals surface area (Å²) in [6.07, 6.45) is 2.22. The van der Waals surface area contributed by atoms with Gasteiger partial charge in [-0.25, -0.2) is 13.1 Å². The van der Waals surface area contributed by atoms with Crippen molar-refractivity contribution in [1.29, 1.82) is 0 Å². The maximum Gasteiger partial charge on any atom is 0.240 e. The van der Waals surface area contributed by atoms with Gasteiger partial charge in [-0.2, -0.15) is 0 Å². The van der Waals surface area contributed by atoms with Crippen LogP contribution in [0.15, 0.2) is 23.1 Å². The zero-order valence-electron chi connectivity index (χ0n) is 12.2. The van der Waals surface area contributed by atoms with Gasteiger partial charge in [0.1, 0.15) is 0 Å². The van der Waals surface area contributed by atoms with Crippen molar-refractivity contribution in [1.82, 2.24) is 10.0 Å². The van der Waals surface area contributed by atoms with Gasteiger partial charge in [-0.3, -0.25) is 0 Å². The molecule has 1 aliphatic rings. The number of ether oxygens (including phenoxy) is 1. The van der Waals surface area contributed by atoms with Crippen LogP contribution in [-0.2, 0) is 21.3 Å². The number of hydrogen-bond donors (Lipinski definition) is 2. The Labute approximate surface area is 131 Å². The van der Waals surface area contributed by atoms with Gasteiger partial charge in [-0.1, -0.05) is 17.7 Å². The van der Waals surface area contributed by atoms with Gasteiger partial charge in [-0.05, 0) is 37.5 Å². The monoisotopic (exact) mass is 332 g/mol. The van der Waals surface area contributed by atoms with Gasteiger partial charge >= 0.3 is 0 Å². The van der Waals surface area contributed by atoms with Crippen molar-refractivity contribution in [2.24, 2.45) is 0 Å². The zero-order chi connectivity index (χ0) is 15.5. The Hall–Kier alpha value is -0.660. The minimum atomic E-state index is -3.56. The molecular weight excluding hydrogens is 312 g/mol. The maximum atomic E-state index is 12.2. The first-order valence-corrected chi connectivity index (χ1v) is 8.83. The third-order valence-corrected chi connectivity index (χ3v) is 5.23. The molecule has 0 aromatic heterocycles. The molecule has 0 radical (unpaired) electrons. The molecule has 2 rings (SSSR count). The van der Waals surface area contributed by atoms with Crippen LogP contribution in [0.2, 0.25) is 5.02 Å². The molecule has 1 saturated carbocycles. The largest absolute Gasteiger partial charge is 0.380 e. The number of hydrogen-bond acceptors (Lipinski definition) is 4. The molecule has 1 aromatic carbocycles. The molecule has 5 nitrogen and oxygen atoms in total. The van der Waals surface area contributed by atoms with Crippen LogP contribution in [0.5, 0.6) is 0 Å². The van der Waals surface area contributed by atoms with E-state index < -0.39 is 10.0 Å². The van der Waals surface area contributed by atoms with Gasteiger partial charge in [0.15, 0.2) is 0 Å². The fourth-order valence-corrected chi connectivity index (χ4v) is 3.23. The first-order valence-electron chi connectivity index (χ1n) is 6.96. The summed E-state index contributed by atoms with van der Waals surface area (Å²) in [4.78, 5) is 0.172. The van der Waals surface area contributed by atoms with Crippen molar-refractivity contribution in [3.63, 3.8) is 0 Å². The molecular formula is C14H21ClN2O3S. The van der Waals surface area contributed by atoms with Gasteiger partial charge in [0.25, 0.3) is 0 Å². The van der Waals surface area contributed by atoms with Gasteiger partial charge in [-0.15, -0.1) is 0 Å². The van der Waals surface area contributed by atoms with Crippen LogP contribution in [-0.4, -0.2) is 34.2 Å². The molecule has 0 amide bonds. The molecule has 2 N–H and O–H groups in total. The number of halogens is 1. The van der Waals surface area contributed by atoms with Gasteiger partial charge < -0.3 is 10.1 Å². The minimum Gasteiger partial charge on any atom is -0.380 e. The molecule has 1 aromatic rings. The van der Waals surface area contributed by atoms with E-state index in [0.29, 0.717) is 17.6 Å². The number of sulfonamides is 1. The molecule has 0 saturated heterocycles. The summed E-state index contributed by atoms with van der Waals surface area (Å²) in [6.45, 7) is 2.68. The average Bonchev–Trinajstić information content (AvgIpc) is 3.27.